The van der Waals surface area contributed by atoms with Crippen molar-refractivity contribution in [2.45, 2.75) is 0 Å². The van der Waals surface area contributed by atoms with Gasteiger partial charge in [-0.25, -0.2) is 9.59 Å². The fraction of sp³-hybridized carbons (Fsp3) is 0. The van der Waals surface area contributed by atoms with E-state index in [0.29, 0.717) is 0 Å². The topological polar surface area (TPSA) is 178 Å². The van der Waals surface area contributed by atoms with E-state index in [4.69, 9.17) is 30.0 Å². The Hall–Kier alpha value is -0.657. The summed E-state index contributed by atoms with van der Waals surface area (Å²) in [6, 6.07) is 0. The molecule has 0 amide bonds. The number of carboxylic acid groups (broad SMARTS) is 4. The molecule has 0 unspecified atom stereocenters. The van der Waals surface area contributed by atoms with E-state index in [2.05, 4.69) is 0 Å². The van der Waals surface area contributed by atoms with Crippen LogP contribution in [0.15, 0.2) is 0 Å². The van der Waals surface area contributed by atoms with E-state index in [1.165, 1.54) is 0 Å². The van der Waals surface area contributed by atoms with Crippen LogP contribution in [0.2, 0.25) is 0 Å². The summed E-state index contributed by atoms with van der Waals surface area (Å²) in [6.07, 6.45) is -3.67. The Kier molecular flexibility index (Phi) is 65.5. The number of rotatable bonds is 0. The Morgan fingerprint density at radius 3 is 0.727 bits per heavy atom. The van der Waals surface area contributed by atoms with Gasteiger partial charge in [0.05, 0.1) is 0 Å². The molecule has 68 valence electrons. The molecule has 0 bridgehead atoms. The van der Waals surface area contributed by atoms with Crippen molar-refractivity contribution in [2.24, 2.45) is 0 Å². The predicted octanol–water partition coefficient (Wildman–Crippen LogP) is -1.21. The van der Waals surface area contributed by atoms with Gasteiger partial charge in [0.2, 0.25) is 0 Å². The van der Waals surface area contributed by atoms with Crippen LogP contribution in [0.25, 0.3) is 0 Å². The van der Waals surface area contributed by atoms with Gasteiger partial charge in [0.15, 0.2) is 0 Å². The van der Waals surface area contributed by atoms with Crippen LogP contribution in [0, 0.1) is 0 Å². The van der Waals surface area contributed by atoms with Crippen molar-refractivity contribution < 1.29 is 67.2 Å². The number of hydrogen-bond acceptors (Lipinski definition) is 2. The first-order valence-corrected chi connectivity index (χ1v) is 1.30. The molecular formula is C2H8O8Zr. The summed E-state index contributed by atoms with van der Waals surface area (Å²) < 4.78 is 0. The summed E-state index contributed by atoms with van der Waals surface area (Å²) in [5.41, 5.74) is 0. The van der Waals surface area contributed by atoms with Crippen LogP contribution in [0.4, 0.5) is 9.59 Å². The Morgan fingerprint density at radius 1 is 0.727 bits per heavy atom. The summed E-state index contributed by atoms with van der Waals surface area (Å²) >= 11 is 0. The van der Waals surface area contributed by atoms with Crippen molar-refractivity contribution in [2.75, 3.05) is 0 Å². The van der Waals surface area contributed by atoms with Gasteiger partial charge in [-0.15, -0.1) is 0 Å². The smallest absolute Gasteiger partial charge is 0.450 e. The minimum absolute atomic E-state index is 0. The largest absolute Gasteiger partial charge is 0.503 e. The maximum Gasteiger partial charge on any atom is 0.503 e. The average molecular weight is 251 g/mol. The maximum atomic E-state index is 8.56. The van der Waals surface area contributed by atoms with Gasteiger partial charge in [-0.3, -0.25) is 0 Å². The van der Waals surface area contributed by atoms with Crippen LogP contribution in [0.5, 0.6) is 0 Å². The summed E-state index contributed by atoms with van der Waals surface area (Å²) in [7, 11) is 0. The Labute approximate surface area is 79.8 Å². The second-order valence-corrected chi connectivity index (χ2v) is 0.565. The van der Waals surface area contributed by atoms with Gasteiger partial charge in [0.25, 0.3) is 0 Å². The van der Waals surface area contributed by atoms with Crippen LogP contribution in [-0.2, 0) is 26.2 Å². The molecule has 9 heteroatoms. The van der Waals surface area contributed by atoms with Gasteiger partial charge in [-0.1, -0.05) is 0 Å². The molecule has 0 saturated heterocycles. The summed E-state index contributed by atoms with van der Waals surface area (Å²) in [4.78, 5) is 17.1. The van der Waals surface area contributed by atoms with Gasteiger partial charge >= 0.3 is 12.3 Å². The Balaban J connectivity index is -0.0000000171. The second-order valence-electron chi connectivity index (χ2n) is 0.565. The average Bonchev–Trinajstić information content (AvgIpc) is 1.25. The van der Waals surface area contributed by atoms with E-state index in [0.717, 1.165) is 0 Å². The van der Waals surface area contributed by atoms with E-state index in [1.807, 2.05) is 0 Å². The first-order chi connectivity index (χ1) is 3.46. The fourth-order valence-electron chi connectivity index (χ4n) is 0. The molecule has 0 heterocycles. The van der Waals surface area contributed by atoms with E-state index in [1.54, 1.807) is 0 Å². The molecular weight excluding hydrogens is 243 g/mol. The molecule has 8 nitrogen and oxygen atoms in total. The molecule has 0 fully saturated rings. The SMILES string of the molecule is O.O.O=C(O)O.O=C(O)O.[Zr]. The first kappa shape index (κ1) is 31.6. The molecule has 8 N–H and O–H groups in total. The molecule has 0 rings (SSSR count). The normalized spacial score (nSPS) is 4.36. The van der Waals surface area contributed by atoms with Gasteiger partial charge in [-0.05, 0) is 0 Å². The third-order valence-electron chi connectivity index (χ3n) is 0. The van der Waals surface area contributed by atoms with Gasteiger partial charge in [0.1, 0.15) is 0 Å². The monoisotopic (exact) mass is 250 g/mol. The van der Waals surface area contributed by atoms with E-state index < -0.39 is 12.3 Å². The molecule has 0 saturated carbocycles. The molecule has 0 aromatic heterocycles. The van der Waals surface area contributed by atoms with E-state index in [-0.39, 0.29) is 37.2 Å². The van der Waals surface area contributed by atoms with Gasteiger partial charge < -0.3 is 31.4 Å². The maximum absolute atomic E-state index is 8.56. The molecule has 0 aliphatic rings. The quantitative estimate of drug-likeness (QED) is 0.419. The van der Waals surface area contributed by atoms with Crippen molar-refractivity contribution in [3.05, 3.63) is 0 Å². The van der Waals surface area contributed by atoms with Gasteiger partial charge in [-0.2, -0.15) is 0 Å². The minimum atomic E-state index is -1.83. The van der Waals surface area contributed by atoms with Gasteiger partial charge in [0, 0.05) is 26.2 Å². The molecule has 0 aliphatic carbocycles. The third kappa shape index (κ3) is 1170. The molecule has 0 atom stereocenters. The zero-order valence-electron chi connectivity index (χ0n) is 5.11. The number of hydrogen-bond donors (Lipinski definition) is 4. The Morgan fingerprint density at radius 2 is 0.727 bits per heavy atom. The third-order valence-corrected chi connectivity index (χ3v) is 0. The summed E-state index contributed by atoms with van der Waals surface area (Å²) in [5, 5.41) is 27.9. The summed E-state index contributed by atoms with van der Waals surface area (Å²) in [5.74, 6) is 0. The molecule has 0 radical (unpaired) electrons. The van der Waals surface area contributed by atoms with E-state index in [9.17, 15) is 0 Å². The molecule has 0 aromatic rings. The molecule has 11 heavy (non-hydrogen) atoms. The Bertz CT molecular complexity index is 70.1. The second kappa shape index (κ2) is 22.8. The van der Waals surface area contributed by atoms with Crippen molar-refractivity contribution in [3.63, 3.8) is 0 Å². The van der Waals surface area contributed by atoms with E-state index >= 15 is 0 Å². The van der Waals surface area contributed by atoms with Crippen molar-refractivity contribution in [3.8, 4) is 0 Å². The van der Waals surface area contributed by atoms with Crippen LogP contribution >= 0.6 is 0 Å². The summed E-state index contributed by atoms with van der Waals surface area (Å²) in [6.45, 7) is 0. The van der Waals surface area contributed by atoms with Crippen LogP contribution in [0.3, 0.4) is 0 Å². The zero-order valence-corrected chi connectivity index (χ0v) is 7.56. The molecule has 0 spiro atoms. The standard InChI is InChI=1S/2CH2O3.2H2O.Zr/c2*2-1(3)4;;;/h2*(H2,2,3,4);2*1H2;. The van der Waals surface area contributed by atoms with Crippen molar-refractivity contribution >= 4 is 12.3 Å². The van der Waals surface area contributed by atoms with Crippen LogP contribution < -0.4 is 0 Å². The van der Waals surface area contributed by atoms with Crippen LogP contribution in [0.1, 0.15) is 0 Å². The fourth-order valence-corrected chi connectivity index (χ4v) is 0. The predicted molar refractivity (Wildman–Crippen MR) is 28.5 cm³/mol. The first-order valence-electron chi connectivity index (χ1n) is 1.30. The number of carbonyl (C=O) groups is 2. The zero-order chi connectivity index (χ0) is 7.15. The molecule has 0 aliphatic heterocycles. The molecule has 0 aromatic carbocycles. The minimum Gasteiger partial charge on any atom is -0.450 e. The van der Waals surface area contributed by atoms with Crippen LogP contribution in [-0.4, -0.2) is 43.7 Å². The van der Waals surface area contributed by atoms with Crippen molar-refractivity contribution in [1.82, 2.24) is 0 Å². The van der Waals surface area contributed by atoms with Crippen molar-refractivity contribution in [1.29, 1.82) is 0 Å².